The van der Waals surface area contributed by atoms with Gasteiger partial charge in [-0.05, 0) is 0 Å². The molecule has 2 aliphatic rings. The molecule has 3 heteroatoms. The van der Waals surface area contributed by atoms with Crippen molar-refractivity contribution in [1.29, 1.82) is 0 Å². The van der Waals surface area contributed by atoms with Gasteiger partial charge in [0, 0.05) is 0 Å². The SMILES string of the molecule is CCN(CC)CC1(C)C=C[C]([Bi][C]2=CCC(C)(CN(CC)CC)C=C2)=CC1. The molecule has 0 saturated carbocycles. The van der Waals surface area contributed by atoms with E-state index < -0.39 is 23.2 Å². The van der Waals surface area contributed by atoms with Gasteiger partial charge in [-0.25, -0.2) is 0 Å². The van der Waals surface area contributed by atoms with E-state index in [9.17, 15) is 0 Å². The van der Waals surface area contributed by atoms with Gasteiger partial charge in [0.15, 0.2) is 0 Å². The third kappa shape index (κ3) is 6.95. The Hall–Kier alpha value is -0.237. The Kier molecular flexibility index (Phi) is 8.97. The molecule has 2 nitrogen and oxygen atoms in total. The van der Waals surface area contributed by atoms with Crippen molar-refractivity contribution in [3.63, 3.8) is 0 Å². The van der Waals surface area contributed by atoms with Crippen LogP contribution in [0.3, 0.4) is 0 Å². The van der Waals surface area contributed by atoms with E-state index in [1.165, 1.54) is 25.9 Å². The molecule has 0 saturated heterocycles. The molecule has 0 amide bonds. The zero-order valence-corrected chi connectivity index (χ0v) is 21.9. The summed E-state index contributed by atoms with van der Waals surface area (Å²) in [6, 6.07) is 0. The maximum atomic E-state index is 2.55. The predicted molar refractivity (Wildman–Crippen MR) is 121 cm³/mol. The number of hydrogen-bond acceptors (Lipinski definition) is 2. The molecule has 0 fully saturated rings. The zero-order valence-electron chi connectivity index (χ0n) is 18.5. The predicted octanol–water partition coefficient (Wildman–Crippen LogP) is 5.07. The van der Waals surface area contributed by atoms with Crippen LogP contribution in [0.5, 0.6) is 0 Å². The Balaban J connectivity index is 1.89. The summed E-state index contributed by atoms with van der Waals surface area (Å²) in [7, 11) is 0. The van der Waals surface area contributed by atoms with Crippen LogP contribution < -0.4 is 0 Å². The van der Waals surface area contributed by atoms with Crippen molar-refractivity contribution in [3.05, 3.63) is 43.0 Å². The van der Waals surface area contributed by atoms with E-state index in [0.29, 0.717) is 10.8 Å². The van der Waals surface area contributed by atoms with Crippen molar-refractivity contribution >= 4 is 23.2 Å². The molecule has 0 heterocycles. The second-order valence-corrected chi connectivity index (χ2v) is 13.6. The van der Waals surface area contributed by atoms with Gasteiger partial charge in [0.2, 0.25) is 0 Å². The van der Waals surface area contributed by atoms with Crippen molar-refractivity contribution in [3.8, 4) is 0 Å². The van der Waals surface area contributed by atoms with Gasteiger partial charge in [-0.2, -0.15) is 0 Å². The van der Waals surface area contributed by atoms with E-state index in [-0.39, 0.29) is 0 Å². The average molecular weight is 566 g/mol. The van der Waals surface area contributed by atoms with Crippen molar-refractivity contribution in [1.82, 2.24) is 9.80 Å². The molecule has 0 aromatic heterocycles. The van der Waals surface area contributed by atoms with Crippen LogP contribution in [-0.2, 0) is 0 Å². The molecule has 1 radical (unpaired) electrons. The first-order valence-electron chi connectivity index (χ1n) is 10.8. The molecular weight excluding hydrogens is 525 g/mol. The molecule has 0 aromatic rings. The van der Waals surface area contributed by atoms with Crippen molar-refractivity contribution in [2.45, 2.75) is 54.4 Å². The van der Waals surface area contributed by atoms with Gasteiger partial charge < -0.3 is 0 Å². The summed E-state index contributed by atoms with van der Waals surface area (Å²) in [6.45, 7) is 20.9. The Bertz CT molecular complexity index is 544. The number of allylic oxidation sites excluding steroid dienone is 6. The Morgan fingerprint density at radius 1 is 0.741 bits per heavy atom. The van der Waals surface area contributed by atoms with Crippen molar-refractivity contribution in [2.75, 3.05) is 39.3 Å². The molecule has 2 atom stereocenters. The molecule has 0 N–H and O–H groups in total. The van der Waals surface area contributed by atoms with Gasteiger partial charge in [0.25, 0.3) is 0 Å². The molecule has 2 aliphatic carbocycles. The fourth-order valence-corrected chi connectivity index (χ4v) is 7.72. The molecule has 2 rings (SSSR count). The average Bonchev–Trinajstić information content (AvgIpc) is 2.68. The van der Waals surface area contributed by atoms with Crippen LogP contribution in [-0.4, -0.2) is 72.3 Å². The van der Waals surface area contributed by atoms with E-state index in [1.807, 2.05) is 0 Å². The quantitative estimate of drug-likeness (QED) is 0.342. The van der Waals surface area contributed by atoms with Gasteiger partial charge in [-0.1, -0.05) is 0 Å². The Morgan fingerprint density at radius 3 is 1.37 bits per heavy atom. The summed E-state index contributed by atoms with van der Waals surface area (Å²) in [5.74, 6) is 0. The normalized spacial score (nSPS) is 28.0. The van der Waals surface area contributed by atoms with Crippen LogP contribution in [0.25, 0.3) is 0 Å². The number of hydrogen-bond donors (Lipinski definition) is 0. The molecule has 27 heavy (non-hydrogen) atoms. The number of nitrogens with zero attached hydrogens (tertiary/aromatic N) is 2. The molecular formula is C24H40BiN2. The van der Waals surface area contributed by atoms with Gasteiger partial charge in [0.05, 0.1) is 0 Å². The summed E-state index contributed by atoms with van der Waals surface area (Å²) in [5.41, 5.74) is 0.630. The zero-order chi connectivity index (χ0) is 19.9. The first kappa shape index (κ1) is 23.0. The van der Waals surface area contributed by atoms with Gasteiger partial charge >= 0.3 is 181 Å². The summed E-state index contributed by atoms with van der Waals surface area (Å²) in [6.07, 6.45) is 17.4. The van der Waals surface area contributed by atoms with Crippen LogP contribution in [0.4, 0.5) is 0 Å². The summed E-state index contributed by atoms with van der Waals surface area (Å²) < 4.78 is 3.32. The molecule has 151 valence electrons. The fourth-order valence-electron chi connectivity index (χ4n) is 3.99. The van der Waals surface area contributed by atoms with Gasteiger partial charge in [-0.15, -0.1) is 0 Å². The number of rotatable bonds is 10. The molecule has 0 bridgehead atoms. The molecule has 0 spiro atoms. The fraction of sp³-hybridized carbons (Fsp3) is 0.667. The standard InChI is InChI=1S/2C12H20N.Bi/c2*1-4-13(5-2)11-12(3)9-7-6-8-10-12;/h2*7-9H,4-5,10-11H2,1-3H3;. The third-order valence-electron chi connectivity index (χ3n) is 6.08. The van der Waals surface area contributed by atoms with Gasteiger partial charge in [-0.3, -0.25) is 0 Å². The first-order valence-corrected chi connectivity index (χ1v) is 14.3. The topological polar surface area (TPSA) is 6.48 Å². The molecule has 0 aliphatic heterocycles. The summed E-state index contributed by atoms with van der Waals surface area (Å²) >= 11 is -0.754. The van der Waals surface area contributed by atoms with Gasteiger partial charge in [0.1, 0.15) is 0 Å². The van der Waals surface area contributed by atoms with Crippen LogP contribution in [0.1, 0.15) is 54.4 Å². The minimum atomic E-state index is -0.754. The van der Waals surface area contributed by atoms with Crippen LogP contribution in [0.2, 0.25) is 0 Å². The monoisotopic (exact) mass is 565 g/mol. The Labute approximate surface area is 180 Å². The maximum absolute atomic E-state index is 2.55. The van der Waals surface area contributed by atoms with Crippen LogP contribution >= 0.6 is 0 Å². The van der Waals surface area contributed by atoms with E-state index in [0.717, 1.165) is 26.2 Å². The minimum absolute atomic E-state index is 0.315. The Morgan fingerprint density at radius 2 is 1.11 bits per heavy atom. The first-order chi connectivity index (χ1) is 12.8. The summed E-state index contributed by atoms with van der Waals surface area (Å²) in [4.78, 5) is 5.10. The molecule has 0 aromatic carbocycles. The molecule has 2 unspecified atom stereocenters. The summed E-state index contributed by atoms with van der Waals surface area (Å²) in [5, 5.41) is 0. The van der Waals surface area contributed by atoms with Crippen LogP contribution in [0.15, 0.2) is 43.0 Å². The van der Waals surface area contributed by atoms with Crippen LogP contribution in [0, 0.1) is 10.8 Å². The van der Waals surface area contributed by atoms with Crippen molar-refractivity contribution in [2.24, 2.45) is 10.8 Å². The van der Waals surface area contributed by atoms with E-state index >= 15 is 0 Å². The van der Waals surface area contributed by atoms with Crippen molar-refractivity contribution < 1.29 is 0 Å². The van der Waals surface area contributed by atoms with E-state index in [4.69, 9.17) is 0 Å². The second-order valence-electron chi connectivity index (χ2n) is 8.68. The second kappa shape index (κ2) is 10.5. The van der Waals surface area contributed by atoms with E-state index in [1.54, 1.807) is 6.56 Å². The van der Waals surface area contributed by atoms with E-state index in [2.05, 4.69) is 87.8 Å². The third-order valence-corrected chi connectivity index (χ3v) is 10.7.